The second-order valence-electron chi connectivity index (χ2n) is 5.26. The van der Waals surface area contributed by atoms with Crippen LogP contribution in [0.2, 0.25) is 0 Å². The first-order chi connectivity index (χ1) is 9.69. The third kappa shape index (κ3) is 4.41. The molecule has 0 saturated carbocycles. The summed E-state index contributed by atoms with van der Waals surface area (Å²) >= 11 is 0.406. The van der Waals surface area contributed by atoms with Gasteiger partial charge in [-0.3, -0.25) is 4.79 Å². The van der Waals surface area contributed by atoms with Crippen LogP contribution < -0.4 is 5.32 Å². The Morgan fingerprint density at radius 3 is 2.43 bits per heavy atom. The Morgan fingerprint density at radius 2 is 1.95 bits per heavy atom. The summed E-state index contributed by atoms with van der Waals surface area (Å²) < 4.78 is 47.4. The van der Waals surface area contributed by atoms with Gasteiger partial charge in [-0.1, -0.05) is 11.8 Å². The van der Waals surface area contributed by atoms with Crippen LogP contribution in [0.4, 0.5) is 8.78 Å². The lowest BCUT2D eigenvalue weighted by Gasteiger charge is -2.23. The molecule has 0 aliphatic carbocycles. The summed E-state index contributed by atoms with van der Waals surface area (Å²) in [6.07, 6.45) is 0.375. The van der Waals surface area contributed by atoms with Crippen molar-refractivity contribution < 1.29 is 22.0 Å². The smallest absolute Gasteiger partial charge is 0.288 e. The molecule has 2 rings (SSSR count). The van der Waals surface area contributed by atoms with Crippen molar-refractivity contribution in [1.29, 1.82) is 0 Å². The number of thioether (sulfide) groups is 1. The summed E-state index contributed by atoms with van der Waals surface area (Å²) in [4.78, 5) is 12.5. The number of alkyl halides is 2. The maximum Gasteiger partial charge on any atom is 0.288 e. The van der Waals surface area contributed by atoms with Gasteiger partial charge in [0.15, 0.2) is 9.84 Å². The minimum Gasteiger partial charge on any atom is -0.346 e. The predicted octanol–water partition coefficient (Wildman–Crippen LogP) is 2.31. The first-order valence-electron chi connectivity index (χ1n) is 6.27. The van der Waals surface area contributed by atoms with Crippen molar-refractivity contribution in [3.63, 3.8) is 0 Å². The van der Waals surface area contributed by atoms with Crippen LogP contribution in [0.3, 0.4) is 0 Å². The molecule has 1 saturated heterocycles. The van der Waals surface area contributed by atoms with Gasteiger partial charge >= 0.3 is 0 Å². The molecule has 1 fully saturated rings. The number of carbonyl (C=O) groups is 1. The molecule has 1 aromatic carbocycles. The Kier molecular flexibility index (Phi) is 4.57. The zero-order valence-corrected chi connectivity index (χ0v) is 12.9. The van der Waals surface area contributed by atoms with Gasteiger partial charge < -0.3 is 5.32 Å². The average Bonchev–Trinajstić information content (AvgIpc) is 2.63. The van der Waals surface area contributed by atoms with Gasteiger partial charge in [0.2, 0.25) is 0 Å². The zero-order valence-electron chi connectivity index (χ0n) is 11.3. The molecule has 8 heteroatoms. The second-order valence-corrected chi connectivity index (χ2v) is 8.51. The number of hydrogen-bond acceptors (Lipinski definition) is 4. The van der Waals surface area contributed by atoms with Crippen molar-refractivity contribution in [2.45, 2.75) is 29.5 Å². The molecule has 1 atom stereocenters. The topological polar surface area (TPSA) is 63.2 Å². The van der Waals surface area contributed by atoms with Gasteiger partial charge in [-0.15, -0.1) is 0 Å². The van der Waals surface area contributed by atoms with Gasteiger partial charge in [0, 0.05) is 10.5 Å². The highest BCUT2D eigenvalue weighted by atomic mass is 32.2. The van der Waals surface area contributed by atoms with Crippen LogP contribution >= 0.6 is 11.8 Å². The van der Waals surface area contributed by atoms with Gasteiger partial charge in [-0.2, -0.15) is 8.78 Å². The second kappa shape index (κ2) is 5.92. The third-order valence-corrected chi connectivity index (χ3v) is 5.89. The number of benzene rings is 1. The fraction of sp³-hybridized carbons (Fsp3) is 0.462. The van der Waals surface area contributed by atoms with Crippen molar-refractivity contribution in [1.82, 2.24) is 5.32 Å². The number of halogens is 2. The normalized spacial score (nSPS) is 24.2. The lowest BCUT2D eigenvalue weighted by Crippen LogP contribution is -2.46. The summed E-state index contributed by atoms with van der Waals surface area (Å²) in [5, 5.41) is 2.71. The minimum atomic E-state index is -3.10. The van der Waals surface area contributed by atoms with E-state index in [2.05, 4.69) is 5.32 Å². The number of rotatable bonds is 4. The van der Waals surface area contributed by atoms with Crippen molar-refractivity contribution in [2.24, 2.45) is 0 Å². The number of carbonyl (C=O) groups excluding carboxylic acids is 1. The van der Waals surface area contributed by atoms with Crippen LogP contribution in [0.5, 0.6) is 0 Å². The number of hydrogen-bond donors (Lipinski definition) is 1. The van der Waals surface area contributed by atoms with Crippen LogP contribution in [-0.4, -0.2) is 37.1 Å². The van der Waals surface area contributed by atoms with Crippen LogP contribution in [0.25, 0.3) is 0 Å². The Hall–Kier alpha value is -1.15. The summed E-state index contributed by atoms with van der Waals surface area (Å²) in [6.45, 7) is 1.69. The molecule has 1 aromatic rings. The molecule has 0 bridgehead atoms. The molecule has 4 nitrogen and oxygen atoms in total. The number of amides is 1. The average molecular weight is 335 g/mol. The van der Waals surface area contributed by atoms with E-state index in [1.807, 2.05) is 0 Å². The summed E-state index contributed by atoms with van der Waals surface area (Å²) in [6, 6.07) is 5.79. The number of nitrogens with one attached hydrogen (secondary N) is 1. The van der Waals surface area contributed by atoms with Gasteiger partial charge in [-0.25, -0.2) is 8.42 Å². The van der Waals surface area contributed by atoms with Crippen LogP contribution in [0, 0.1) is 0 Å². The van der Waals surface area contributed by atoms with Crippen molar-refractivity contribution in [2.75, 3.05) is 11.5 Å². The van der Waals surface area contributed by atoms with Crippen molar-refractivity contribution in [3.05, 3.63) is 29.8 Å². The van der Waals surface area contributed by atoms with Crippen molar-refractivity contribution in [3.8, 4) is 0 Å². The molecule has 1 aliphatic heterocycles. The fourth-order valence-corrected chi connectivity index (χ4v) is 4.84. The quantitative estimate of drug-likeness (QED) is 0.858. The van der Waals surface area contributed by atoms with E-state index in [4.69, 9.17) is 0 Å². The molecule has 1 aliphatic rings. The highest BCUT2D eigenvalue weighted by Crippen LogP contribution is 2.26. The molecular formula is C13H15F2NO3S2. The molecule has 0 spiro atoms. The van der Waals surface area contributed by atoms with E-state index >= 15 is 0 Å². The Balaban J connectivity index is 2.04. The molecule has 1 heterocycles. The highest BCUT2D eigenvalue weighted by molar-refractivity contribution is 7.99. The van der Waals surface area contributed by atoms with E-state index in [1.165, 1.54) is 24.3 Å². The monoisotopic (exact) mass is 335 g/mol. The molecule has 1 N–H and O–H groups in total. The maximum absolute atomic E-state index is 12.2. The highest BCUT2D eigenvalue weighted by Gasteiger charge is 2.39. The maximum atomic E-state index is 12.2. The van der Waals surface area contributed by atoms with Crippen molar-refractivity contribution >= 4 is 27.5 Å². The standard InChI is InChI=1S/C13H15F2NO3S2/c1-13(6-7-21(18,19)8-13)16-11(17)9-2-4-10(5-3-9)20-12(14)15/h2-5,12H,6-8H2,1H3,(H,16,17). The van der Waals surface area contributed by atoms with E-state index in [1.54, 1.807) is 6.92 Å². The predicted molar refractivity (Wildman–Crippen MR) is 77.4 cm³/mol. The third-order valence-electron chi connectivity index (χ3n) is 3.26. The molecule has 1 unspecified atom stereocenters. The Bertz CT molecular complexity index is 631. The first kappa shape index (κ1) is 16.2. The van der Waals surface area contributed by atoms with Gasteiger partial charge in [0.1, 0.15) is 0 Å². The lowest BCUT2D eigenvalue weighted by molar-refractivity contribution is 0.0915. The van der Waals surface area contributed by atoms with E-state index in [0.717, 1.165) is 0 Å². The summed E-state index contributed by atoms with van der Waals surface area (Å²) in [5.41, 5.74) is -0.453. The Labute approximate surface area is 126 Å². The molecule has 0 radical (unpaired) electrons. The molecule has 0 aromatic heterocycles. The van der Waals surface area contributed by atoms with E-state index in [0.29, 0.717) is 28.6 Å². The van der Waals surface area contributed by atoms with Gasteiger partial charge in [0.25, 0.3) is 11.7 Å². The van der Waals surface area contributed by atoms with Crippen LogP contribution in [0.15, 0.2) is 29.2 Å². The molecule has 21 heavy (non-hydrogen) atoms. The molecular weight excluding hydrogens is 320 g/mol. The van der Waals surface area contributed by atoms with Crippen LogP contribution in [-0.2, 0) is 9.84 Å². The minimum absolute atomic E-state index is 0.0632. The summed E-state index contributed by atoms with van der Waals surface area (Å²) in [7, 11) is -3.10. The van der Waals surface area contributed by atoms with E-state index in [9.17, 15) is 22.0 Å². The van der Waals surface area contributed by atoms with Crippen LogP contribution in [0.1, 0.15) is 23.7 Å². The van der Waals surface area contributed by atoms with E-state index < -0.39 is 27.0 Å². The lowest BCUT2D eigenvalue weighted by atomic mass is 10.0. The largest absolute Gasteiger partial charge is 0.346 e. The SMILES string of the molecule is CC1(NC(=O)c2ccc(SC(F)F)cc2)CCS(=O)(=O)C1. The molecule has 116 valence electrons. The Morgan fingerprint density at radius 1 is 1.33 bits per heavy atom. The zero-order chi connectivity index (χ0) is 15.7. The summed E-state index contributed by atoms with van der Waals surface area (Å²) in [5.74, 6) is -2.92. The van der Waals surface area contributed by atoms with Gasteiger partial charge in [-0.05, 0) is 37.6 Å². The fourth-order valence-electron chi connectivity index (χ4n) is 2.24. The number of sulfone groups is 1. The van der Waals surface area contributed by atoms with E-state index in [-0.39, 0.29) is 11.5 Å². The first-order valence-corrected chi connectivity index (χ1v) is 8.97. The van der Waals surface area contributed by atoms with Gasteiger partial charge in [0.05, 0.1) is 17.0 Å². The molecule has 1 amide bonds.